The highest BCUT2D eigenvalue weighted by atomic mass is 16.5. The van der Waals surface area contributed by atoms with Crippen LogP contribution in [0.15, 0.2) is 54.7 Å². The number of fused-ring (bicyclic) bond motifs is 1. The van der Waals surface area contributed by atoms with Gasteiger partial charge in [-0.25, -0.2) is 0 Å². The number of para-hydroxylation sites is 1. The van der Waals surface area contributed by atoms with E-state index >= 15 is 0 Å². The molecule has 0 unspecified atom stereocenters. The maximum Gasteiger partial charge on any atom is 0.256 e. The first kappa shape index (κ1) is 19.7. The van der Waals surface area contributed by atoms with Crippen LogP contribution in [0.1, 0.15) is 34.3 Å². The number of ether oxygens (including phenoxy) is 1. The fraction of sp³-hybridized carbons (Fsp3) is 0.375. The molecule has 4 rings (SSSR count). The van der Waals surface area contributed by atoms with Crippen LogP contribution in [0.2, 0.25) is 0 Å². The number of aliphatic hydroxyl groups is 1. The molecule has 0 saturated carbocycles. The number of aliphatic hydroxyl groups excluding tert-OH is 1. The SMILES string of the molecule is O=C(c1cn(CCCCc2cccc(CO)c2)c2ccccc12)N1CCOCC1. The number of benzene rings is 2. The predicted octanol–water partition coefficient (Wildman–Crippen LogP) is 3.63. The van der Waals surface area contributed by atoms with Crippen molar-refractivity contribution in [3.8, 4) is 0 Å². The highest BCUT2D eigenvalue weighted by Gasteiger charge is 2.22. The van der Waals surface area contributed by atoms with Crippen molar-refractivity contribution in [2.45, 2.75) is 32.4 Å². The molecule has 1 aliphatic heterocycles. The summed E-state index contributed by atoms with van der Waals surface area (Å²) in [6.45, 7) is 3.51. The first-order valence-electron chi connectivity index (χ1n) is 10.4. The second kappa shape index (κ2) is 9.25. The van der Waals surface area contributed by atoms with E-state index in [2.05, 4.69) is 22.8 Å². The maximum atomic E-state index is 13.0. The molecular formula is C24H28N2O3. The summed E-state index contributed by atoms with van der Waals surface area (Å²) < 4.78 is 7.60. The minimum absolute atomic E-state index is 0.0865. The van der Waals surface area contributed by atoms with E-state index < -0.39 is 0 Å². The summed E-state index contributed by atoms with van der Waals surface area (Å²) in [4.78, 5) is 14.9. The van der Waals surface area contributed by atoms with Crippen molar-refractivity contribution in [2.75, 3.05) is 26.3 Å². The summed E-state index contributed by atoms with van der Waals surface area (Å²) in [6.07, 6.45) is 5.11. The lowest BCUT2D eigenvalue weighted by molar-refractivity contribution is 0.0304. The normalized spacial score (nSPS) is 14.4. The molecule has 2 heterocycles. The van der Waals surface area contributed by atoms with Crippen LogP contribution in [-0.4, -0.2) is 46.8 Å². The largest absolute Gasteiger partial charge is 0.392 e. The second-order valence-corrected chi connectivity index (χ2v) is 7.59. The van der Waals surface area contributed by atoms with Crippen molar-refractivity contribution in [3.63, 3.8) is 0 Å². The Morgan fingerprint density at radius 1 is 1.00 bits per heavy atom. The first-order valence-corrected chi connectivity index (χ1v) is 10.4. The number of hydrogen-bond donors (Lipinski definition) is 1. The minimum Gasteiger partial charge on any atom is -0.392 e. The van der Waals surface area contributed by atoms with Crippen molar-refractivity contribution in [2.24, 2.45) is 0 Å². The average molecular weight is 392 g/mol. The van der Waals surface area contributed by atoms with Gasteiger partial charge in [-0.3, -0.25) is 4.79 Å². The third kappa shape index (κ3) is 4.52. The van der Waals surface area contributed by atoms with Gasteiger partial charge in [-0.15, -0.1) is 0 Å². The molecule has 0 bridgehead atoms. The Morgan fingerprint density at radius 3 is 2.62 bits per heavy atom. The fourth-order valence-electron chi connectivity index (χ4n) is 4.03. The summed E-state index contributed by atoms with van der Waals surface area (Å²) in [5, 5.41) is 10.3. The summed E-state index contributed by atoms with van der Waals surface area (Å²) in [5.74, 6) is 0.101. The number of carbonyl (C=O) groups excluding carboxylic acids is 1. The van der Waals surface area contributed by atoms with Gasteiger partial charge in [-0.1, -0.05) is 42.5 Å². The number of rotatable bonds is 7. The van der Waals surface area contributed by atoms with Gasteiger partial charge in [0.15, 0.2) is 0 Å². The zero-order chi connectivity index (χ0) is 20.1. The number of aryl methyl sites for hydroxylation is 2. The molecule has 5 heteroatoms. The van der Waals surface area contributed by atoms with E-state index in [0.29, 0.717) is 26.3 Å². The maximum absolute atomic E-state index is 13.0. The van der Waals surface area contributed by atoms with Crippen molar-refractivity contribution < 1.29 is 14.6 Å². The number of carbonyl (C=O) groups is 1. The molecule has 1 amide bonds. The monoisotopic (exact) mass is 392 g/mol. The lowest BCUT2D eigenvalue weighted by Gasteiger charge is -2.26. The average Bonchev–Trinajstić information content (AvgIpc) is 3.16. The van der Waals surface area contributed by atoms with Crippen molar-refractivity contribution >= 4 is 16.8 Å². The summed E-state index contributed by atoms with van der Waals surface area (Å²) in [7, 11) is 0. The summed E-state index contributed by atoms with van der Waals surface area (Å²) in [6, 6.07) is 16.3. The molecule has 1 saturated heterocycles. The van der Waals surface area contributed by atoms with E-state index in [0.717, 1.165) is 47.8 Å². The Kier molecular flexibility index (Phi) is 6.27. The molecule has 152 valence electrons. The minimum atomic E-state index is 0.0865. The van der Waals surface area contributed by atoms with E-state index in [1.165, 1.54) is 5.56 Å². The zero-order valence-corrected chi connectivity index (χ0v) is 16.7. The molecule has 0 spiro atoms. The van der Waals surface area contributed by atoms with Crippen molar-refractivity contribution in [1.29, 1.82) is 0 Å². The van der Waals surface area contributed by atoms with E-state index in [4.69, 9.17) is 4.74 Å². The van der Waals surface area contributed by atoms with Gasteiger partial charge >= 0.3 is 0 Å². The van der Waals surface area contributed by atoms with Crippen LogP contribution in [0.3, 0.4) is 0 Å². The van der Waals surface area contributed by atoms with E-state index in [-0.39, 0.29) is 12.5 Å². The quantitative estimate of drug-likeness (QED) is 0.625. The molecule has 0 aliphatic carbocycles. The number of nitrogens with zero attached hydrogens (tertiary/aromatic N) is 2. The van der Waals surface area contributed by atoms with E-state index in [1.54, 1.807) is 0 Å². The fourth-order valence-corrected chi connectivity index (χ4v) is 4.03. The first-order chi connectivity index (χ1) is 14.3. The van der Waals surface area contributed by atoms with Gasteiger partial charge in [0.25, 0.3) is 5.91 Å². The van der Waals surface area contributed by atoms with Gasteiger partial charge in [0.05, 0.1) is 25.4 Å². The highest BCUT2D eigenvalue weighted by Crippen LogP contribution is 2.24. The Hall–Kier alpha value is -2.63. The Balaban J connectivity index is 1.44. The molecule has 2 aromatic carbocycles. The molecule has 0 atom stereocenters. The van der Waals surface area contributed by atoms with Crippen LogP contribution in [0.25, 0.3) is 10.9 Å². The van der Waals surface area contributed by atoms with Gasteiger partial charge in [0, 0.05) is 36.7 Å². The lowest BCUT2D eigenvalue weighted by Crippen LogP contribution is -2.40. The van der Waals surface area contributed by atoms with Crippen LogP contribution in [0, 0.1) is 0 Å². The molecule has 1 aromatic heterocycles. The van der Waals surface area contributed by atoms with Gasteiger partial charge in [-0.2, -0.15) is 0 Å². The van der Waals surface area contributed by atoms with Crippen LogP contribution in [0.4, 0.5) is 0 Å². The predicted molar refractivity (Wildman–Crippen MR) is 114 cm³/mol. The third-order valence-corrected chi connectivity index (χ3v) is 5.61. The van der Waals surface area contributed by atoms with Gasteiger partial charge in [0.2, 0.25) is 0 Å². The Labute approximate surface area is 171 Å². The van der Waals surface area contributed by atoms with E-state index in [9.17, 15) is 9.90 Å². The number of hydrogen-bond acceptors (Lipinski definition) is 3. The Bertz CT molecular complexity index is 973. The molecule has 3 aromatic rings. The smallest absolute Gasteiger partial charge is 0.256 e. The molecule has 1 aliphatic rings. The third-order valence-electron chi connectivity index (χ3n) is 5.61. The Morgan fingerprint density at radius 2 is 1.79 bits per heavy atom. The number of amides is 1. The number of unbranched alkanes of at least 4 members (excludes halogenated alkanes) is 1. The van der Waals surface area contributed by atoms with Crippen LogP contribution >= 0.6 is 0 Å². The van der Waals surface area contributed by atoms with Gasteiger partial charge < -0.3 is 19.3 Å². The van der Waals surface area contributed by atoms with E-state index in [1.807, 2.05) is 41.4 Å². The van der Waals surface area contributed by atoms with Gasteiger partial charge in [0.1, 0.15) is 0 Å². The molecule has 0 radical (unpaired) electrons. The topological polar surface area (TPSA) is 54.7 Å². The standard InChI is InChI=1S/C24H28N2O3/c27-18-20-8-5-7-19(16-20)6-3-4-11-26-17-22(21-9-1-2-10-23(21)26)24(28)25-12-14-29-15-13-25/h1-2,5,7-10,16-17,27H,3-4,6,11-15,18H2. The summed E-state index contributed by atoms with van der Waals surface area (Å²) in [5.41, 5.74) is 4.13. The summed E-state index contributed by atoms with van der Waals surface area (Å²) >= 11 is 0. The van der Waals surface area contributed by atoms with Crippen LogP contribution < -0.4 is 0 Å². The molecule has 5 nitrogen and oxygen atoms in total. The lowest BCUT2D eigenvalue weighted by atomic mass is 10.1. The molecule has 1 N–H and O–H groups in total. The number of aromatic nitrogens is 1. The molecular weight excluding hydrogens is 364 g/mol. The van der Waals surface area contributed by atoms with Crippen molar-refractivity contribution in [1.82, 2.24) is 9.47 Å². The zero-order valence-electron chi connectivity index (χ0n) is 16.7. The second-order valence-electron chi connectivity index (χ2n) is 7.59. The van der Waals surface area contributed by atoms with Crippen LogP contribution in [0.5, 0.6) is 0 Å². The van der Waals surface area contributed by atoms with Gasteiger partial charge in [-0.05, 0) is 36.5 Å². The molecule has 1 fully saturated rings. The highest BCUT2D eigenvalue weighted by molar-refractivity contribution is 6.07. The van der Waals surface area contributed by atoms with Crippen molar-refractivity contribution in [3.05, 3.63) is 71.4 Å². The molecule has 29 heavy (non-hydrogen) atoms. The van der Waals surface area contributed by atoms with Crippen LogP contribution in [-0.2, 0) is 24.3 Å². The number of morpholine rings is 1.